The van der Waals surface area contributed by atoms with E-state index in [9.17, 15) is 28.8 Å². The SMILES string of the molecule is O=C(O)C1(C(=O)O)CC(C(=O)O)(C(=O)O)C(C(=O)O)(C(=O)O)C1. The first-order chi connectivity index (χ1) is 10.3. The average Bonchev–Trinajstić information content (AvgIpc) is 2.74. The Bertz CT molecular complexity index is 559. The highest BCUT2D eigenvalue weighted by Crippen LogP contribution is 2.61. The number of carboxylic acids is 6. The number of hydrogen-bond donors (Lipinski definition) is 6. The van der Waals surface area contributed by atoms with Crippen molar-refractivity contribution in [3.8, 4) is 0 Å². The van der Waals surface area contributed by atoms with Gasteiger partial charge in [-0.15, -0.1) is 0 Å². The number of hydrogen-bond acceptors (Lipinski definition) is 6. The van der Waals surface area contributed by atoms with Gasteiger partial charge < -0.3 is 30.6 Å². The van der Waals surface area contributed by atoms with Crippen molar-refractivity contribution in [2.45, 2.75) is 12.8 Å². The molecule has 0 radical (unpaired) electrons. The Balaban J connectivity index is 3.98. The van der Waals surface area contributed by atoms with E-state index in [0.29, 0.717) is 0 Å². The van der Waals surface area contributed by atoms with Crippen molar-refractivity contribution in [1.82, 2.24) is 0 Å². The molecule has 0 bridgehead atoms. The van der Waals surface area contributed by atoms with Gasteiger partial charge in [-0.1, -0.05) is 0 Å². The van der Waals surface area contributed by atoms with Crippen molar-refractivity contribution < 1.29 is 59.4 Å². The zero-order valence-corrected chi connectivity index (χ0v) is 11.0. The van der Waals surface area contributed by atoms with Gasteiger partial charge in [-0.3, -0.25) is 28.8 Å². The molecule has 1 aliphatic carbocycles. The Morgan fingerprint density at radius 3 is 0.826 bits per heavy atom. The van der Waals surface area contributed by atoms with Crippen molar-refractivity contribution in [1.29, 1.82) is 0 Å². The van der Waals surface area contributed by atoms with E-state index >= 15 is 0 Å². The Hall–Kier alpha value is -3.18. The molecule has 0 aliphatic heterocycles. The largest absolute Gasteiger partial charge is 0.480 e. The third kappa shape index (κ3) is 1.84. The first-order valence-electron chi connectivity index (χ1n) is 5.73. The minimum Gasteiger partial charge on any atom is -0.480 e. The second-order valence-electron chi connectivity index (χ2n) is 5.08. The fraction of sp³-hybridized carbons (Fsp3) is 0.455. The normalized spacial score (nSPS) is 20.3. The lowest BCUT2D eigenvalue weighted by Crippen LogP contribution is -2.57. The Morgan fingerprint density at radius 1 is 0.478 bits per heavy atom. The fourth-order valence-corrected chi connectivity index (χ4v) is 2.88. The molecule has 1 rings (SSSR count). The van der Waals surface area contributed by atoms with Gasteiger partial charge in [0.05, 0.1) is 0 Å². The zero-order valence-electron chi connectivity index (χ0n) is 11.0. The van der Waals surface area contributed by atoms with Crippen LogP contribution in [0.1, 0.15) is 12.8 Å². The molecule has 126 valence electrons. The molecule has 0 aromatic rings. The number of rotatable bonds is 6. The van der Waals surface area contributed by atoms with Crippen LogP contribution in [0.3, 0.4) is 0 Å². The second kappa shape index (κ2) is 4.93. The minimum absolute atomic E-state index is 1.74. The molecule has 0 saturated heterocycles. The van der Waals surface area contributed by atoms with E-state index in [1.54, 1.807) is 0 Å². The van der Waals surface area contributed by atoms with Crippen LogP contribution >= 0.6 is 0 Å². The van der Waals surface area contributed by atoms with E-state index in [1.165, 1.54) is 0 Å². The topological polar surface area (TPSA) is 224 Å². The molecule has 23 heavy (non-hydrogen) atoms. The third-order valence-corrected chi connectivity index (χ3v) is 4.14. The van der Waals surface area contributed by atoms with Crippen molar-refractivity contribution in [2.75, 3.05) is 0 Å². The van der Waals surface area contributed by atoms with Gasteiger partial charge in [-0.25, -0.2) is 0 Å². The third-order valence-electron chi connectivity index (χ3n) is 4.14. The summed E-state index contributed by atoms with van der Waals surface area (Å²) in [5, 5.41) is 54.8. The smallest absolute Gasteiger partial charge is 0.322 e. The van der Waals surface area contributed by atoms with Crippen molar-refractivity contribution in [3.05, 3.63) is 0 Å². The highest BCUT2D eigenvalue weighted by Gasteiger charge is 2.82. The van der Waals surface area contributed by atoms with Crippen molar-refractivity contribution in [2.24, 2.45) is 16.2 Å². The minimum atomic E-state index is -3.68. The highest BCUT2D eigenvalue weighted by molar-refractivity contribution is 6.16. The molecule has 0 atom stereocenters. The van der Waals surface area contributed by atoms with Gasteiger partial charge in [0.25, 0.3) is 0 Å². The van der Waals surface area contributed by atoms with Gasteiger partial charge in [-0.05, 0) is 0 Å². The first kappa shape index (κ1) is 17.9. The second-order valence-corrected chi connectivity index (χ2v) is 5.08. The Kier molecular flexibility index (Phi) is 3.83. The molecular weight excluding hydrogens is 324 g/mol. The van der Waals surface area contributed by atoms with Crippen LogP contribution in [-0.2, 0) is 28.8 Å². The Morgan fingerprint density at radius 2 is 0.696 bits per heavy atom. The molecule has 0 aromatic heterocycles. The summed E-state index contributed by atoms with van der Waals surface area (Å²) in [5.41, 5.74) is -10.6. The van der Waals surface area contributed by atoms with Gasteiger partial charge >= 0.3 is 35.8 Å². The molecular formula is C11H10O12. The molecule has 0 aromatic carbocycles. The predicted molar refractivity (Wildman–Crippen MR) is 62.3 cm³/mol. The molecule has 1 aliphatic rings. The summed E-state index contributed by atoms with van der Waals surface area (Å²) in [4.78, 5) is 68.3. The zero-order chi connectivity index (χ0) is 18.4. The molecule has 12 heteroatoms. The summed E-state index contributed by atoms with van der Waals surface area (Å²) < 4.78 is 0. The maximum absolute atomic E-state index is 11.4. The van der Waals surface area contributed by atoms with Crippen molar-refractivity contribution >= 4 is 35.8 Å². The summed E-state index contributed by atoms with van der Waals surface area (Å²) in [5.74, 6) is -14.3. The summed E-state index contributed by atoms with van der Waals surface area (Å²) in [6.07, 6.45) is -3.48. The predicted octanol–water partition coefficient (Wildman–Crippen LogP) is -1.75. The van der Waals surface area contributed by atoms with Gasteiger partial charge in [-0.2, -0.15) is 0 Å². The summed E-state index contributed by atoms with van der Waals surface area (Å²) in [6.45, 7) is 0. The quantitative estimate of drug-likeness (QED) is 0.297. The summed E-state index contributed by atoms with van der Waals surface area (Å²) >= 11 is 0. The molecule has 1 saturated carbocycles. The maximum Gasteiger partial charge on any atom is 0.322 e. The fourth-order valence-electron chi connectivity index (χ4n) is 2.88. The molecule has 0 heterocycles. The van der Waals surface area contributed by atoms with Gasteiger partial charge in [0, 0.05) is 12.8 Å². The van der Waals surface area contributed by atoms with Crippen LogP contribution in [-0.4, -0.2) is 66.5 Å². The van der Waals surface area contributed by atoms with Crippen LogP contribution < -0.4 is 0 Å². The van der Waals surface area contributed by atoms with E-state index in [0.717, 1.165) is 0 Å². The maximum atomic E-state index is 11.4. The molecule has 1 fully saturated rings. The molecule has 0 spiro atoms. The van der Waals surface area contributed by atoms with Crippen LogP contribution in [0.25, 0.3) is 0 Å². The van der Waals surface area contributed by atoms with Crippen LogP contribution in [0.5, 0.6) is 0 Å². The van der Waals surface area contributed by atoms with E-state index in [4.69, 9.17) is 30.6 Å². The average molecular weight is 334 g/mol. The monoisotopic (exact) mass is 334 g/mol. The standard InChI is InChI=1S/C11H10O12/c12-3(13)9(4(14)15)1-10(5(16)17,6(18)19)11(2-9,7(20)21)8(22)23/h1-2H2,(H,12,13)(H,14,15)(H,16,17)(H,18,19)(H,20,21)(H,22,23). The summed E-state index contributed by atoms with van der Waals surface area (Å²) in [6, 6.07) is 0. The lowest BCUT2D eigenvalue weighted by Gasteiger charge is -2.32. The molecule has 12 nitrogen and oxygen atoms in total. The van der Waals surface area contributed by atoms with Crippen LogP contribution in [0, 0.1) is 16.2 Å². The lowest BCUT2D eigenvalue weighted by molar-refractivity contribution is -0.191. The number of aliphatic carboxylic acids is 6. The number of carboxylic acid groups (broad SMARTS) is 6. The van der Waals surface area contributed by atoms with E-state index in [2.05, 4.69) is 0 Å². The van der Waals surface area contributed by atoms with Crippen LogP contribution in [0.15, 0.2) is 0 Å². The van der Waals surface area contributed by atoms with Gasteiger partial charge in [0.15, 0.2) is 16.2 Å². The molecule has 0 amide bonds. The van der Waals surface area contributed by atoms with Gasteiger partial charge in [0.2, 0.25) is 0 Å². The van der Waals surface area contributed by atoms with E-state index in [1.807, 2.05) is 0 Å². The molecule has 6 N–H and O–H groups in total. The summed E-state index contributed by atoms with van der Waals surface area (Å²) in [7, 11) is 0. The molecule has 0 unspecified atom stereocenters. The highest BCUT2D eigenvalue weighted by atomic mass is 16.4. The first-order valence-corrected chi connectivity index (χ1v) is 5.73. The Labute approximate surface area is 125 Å². The van der Waals surface area contributed by atoms with Crippen LogP contribution in [0.2, 0.25) is 0 Å². The van der Waals surface area contributed by atoms with E-state index in [-0.39, 0.29) is 0 Å². The van der Waals surface area contributed by atoms with E-state index < -0.39 is 64.9 Å². The number of carbonyl (C=O) groups is 6. The lowest BCUT2D eigenvalue weighted by atomic mass is 9.65. The van der Waals surface area contributed by atoms with Gasteiger partial charge in [0.1, 0.15) is 0 Å². The van der Waals surface area contributed by atoms with Crippen molar-refractivity contribution in [3.63, 3.8) is 0 Å². The van der Waals surface area contributed by atoms with Crippen LogP contribution in [0.4, 0.5) is 0 Å².